The highest BCUT2D eigenvalue weighted by molar-refractivity contribution is 8.13. The fourth-order valence-electron chi connectivity index (χ4n) is 1.94. The summed E-state index contributed by atoms with van der Waals surface area (Å²) in [5.74, 6) is 1.55. The van der Waals surface area contributed by atoms with E-state index in [9.17, 15) is 9.59 Å². The minimum atomic E-state index is -0.0440. The predicted molar refractivity (Wildman–Crippen MR) is 78.9 cm³/mol. The van der Waals surface area contributed by atoms with Crippen LogP contribution in [0, 0.1) is 0 Å². The van der Waals surface area contributed by atoms with E-state index in [-0.39, 0.29) is 11.1 Å². The summed E-state index contributed by atoms with van der Waals surface area (Å²) in [5, 5.41) is 2.92. The van der Waals surface area contributed by atoms with Gasteiger partial charge in [-0.3, -0.25) is 9.59 Å². The van der Waals surface area contributed by atoms with Gasteiger partial charge in [0.15, 0.2) is 0 Å². The maximum atomic E-state index is 11.7. The van der Waals surface area contributed by atoms with Crippen LogP contribution in [0.3, 0.4) is 0 Å². The number of ether oxygens (including phenoxy) is 1. The topological polar surface area (TPSA) is 58.6 Å². The van der Waals surface area contributed by atoms with Crippen LogP contribution in [0.1, 0.15) is 12.0 Å². The molecule has 108 valence electrons. The summed E-state index contributed by atoms with van der Waals surface area (Å²) >= 11 is 1.31. The van der Waals surface area contributed by atoms with Crippen molar-refractivity contribution >= 4 is 22.9 Å². The summed E-state index contributed by atoms with van der Waals surface area (Å²) < 4.78 is 5.13. The van der Waals surface area contributed by atoms with Crippen LogP contribution in [-0.2, 0) is 11.3 Å². The summed E-state index contributed by atoms with van der Waals surface area (Å²) in [6.07, 6.45) is 0.344. The van der Waals surface area contributed by atoms with Gasteiger partial charge in [-0.2, -0.15) is 0 Å². The lowest BCUT2D eigenvalue weighted by Crippen LogP contribution is -2.30. The first-order chi connectivity index (χ1) is 9.69. The number of benzene rings is 1. The van der Waals surface area contributed by atoms with E-state index in [0.717, 1.165) is 23.6 Å². The molecule has 1 N–H and O–H groups in total. The molecule has 6 heteroatoms. The number of methoxy groups -OCH3 is 1. The molecule has 2 rings (SSSR count). The molecule has 0 saturated carbocycles. The Morgan fingerprint density at radius 2 is 2.35 bits per heavy atom. The van der Waals surface area contributed by atoms with Gasteiger partial charge in [0.25, 0.3) is 5.24 Å². The molecule has 5 nitrogen and oxygen atoms in total. The molecule has 1 aromatic rings. The van der Waals surface area contributed by atoms with Crippen molar-refractivity contribution in [1.82, 2.24) is 10.2 Å². The van der Waals surface area contributed by atoms with Gasteiger partial charge >= 0.3 is 0 Å². The number of carbonyl (C=O) groups is 2. The fourth-order valence-corrected chi connectivity index (χ4v) is 2.79. The van der Waals surface area contributed by atoms with Crippen LogP contribution in [0.2, 0.25) is 0 Å². The number of amides is 2. The number of carbonyl (C=O) groups excluding carboxylic acids is 2. The zero-order valence-corrected chi connectivity index (χ0v) is 12.2. The Balaban J connectivity index is 1.73. The zero-order chi connectivity index (χ0) is 14.4. The minimum absolute atomic E-state index is 0.0440. The van der Waals surface area contributed by atoms with Gasteiger partial charge in [-0.15, -0.1) is 0 Å². The number of hydrogen-bond acceptors (Lipinski definition) is 4. The smallest absolute Gasteiger partial charge is 0.281 e. The molecule has 1 heterocycles. The Hall–Kier alpha value is -1.69. The van der Waals surface area contributed by atoms with Crippen LogP contribution in [0.5, 0.6) is 5.75 Å². The van der Waals surface area contributed by atoms with Gasteiger partial charge in [0.1, 0.15) is 5.75 Å². The van der Waals surface area contributed by atoms with Gasteiger partial charge in [0, 0.05) is 31.8 Å². The van der Waals surface area contributed by atoms with Crippen LogP contribution in [-0.4, -0.2) is 42.0 Å². The molecular formula is C14H18N2O3S. The Morgan fingerprint density at radius 3 is 3.05 bits per heavy atom. The Morgan fingerprint density at radius 1 is 1.50 bits per heavy atom. The molecule has 1 saturated heterocycles. The molecule has 1 aromatic carbocycles. The van der Waals surface area contributed by atoms with Crippen LogP contribution >= 0.6 is 11.8 Å². The van der Waals surface area contributed by atoms with Crippen molar-refractivity contribution < 1.29 is 14.3 Å². The summed E-state index contributed by atoms with van der Waals surface area (Å²) in [4.78, 5) is 24.8. The van der Waals surface area contributed by atoms with Crippen molar-refractivity contribution in [2.24, 2.45) is 0 Å². The van der Waals surface area contributed by atoms with E-state index in [1.807, 2.05) is 24.3 Å². The highest BCUT2D eigenvalue weighted by Gasteiger charge is 2.21. The van der Waals surface area contributed by atoms with Gasteiger partial charge in [0.2, 0.25) is 5.91 Å². The van der Waals surface area contributed by atoms with Gasteiger partial charge in [-0.05, 0) is 17.7 Å². The molecular weight excluding hydrogens is 276 g/mol. The van der Waals surface area contributed by atoms with Gasteiger partial charge < -0.3 is 15.0 Å². The Kier molecular flexibility index (Phi) is 5.29. The van der Waals surface area contributed by atoms with Crippen molar-refractivity contribution in [3.05, 3.63) is 29.8 Å². The molecule has 0 bridgehead atoms. The van der Waals surface area contributed by atoms with Crippen molar-refractivity contribution in [3.8, 4) is 5.75 Å². The number of nitrogens with one attached hydrogen (secondary N) is 1. The number of thioether (sulfide) groups is 1. The van der Waals surface area contributed by atoms with E-state index < -0.39 is 0 Å². The second kappa shape index (κ2) is 7.19. The summed E-state index contributed by atoms with van der Waals surface area (Å²) in [7, 11) is 1.61. The summed E-state index contributed by atoms with van der Waals surface area (Å²) in [5.41, 5.74) is 0.991. The van der Waals surface area contributed by atoms with Crippen LogP contribution in [0.4, 0.5) is 4.79 Å². The van der Waals surface area contributed by atoms with Crippen LogP contribution < -0.4 is 10.1 Å². The van der Waals surface area contributed by atoms with E-state index in [1.165, 1.54) is 11.8 Å². The fraction of sp³-hybridized carbons (Fsp3) is 0.429. The molecule has 1 aliphatic heterocycles. The van der Waals surface area contributed by atoms with Gasteiger partial charge in [0.05, 0.1) is 7.11 Å². The molecule has 0 atom stereocenters. The SMILES string of the molecule is COc1cccc(CNC(=O)CCN2CCSC2=O)c1. The van der Waals surface area contributed by atoms with E-state index in [2.05, 4.69) is 5.32 Å². The lowest BCUT2D eigenvalue weighted by molar-refractivity contribution is -0.121. The highest BCUT2D eigenvalue weighted by Crippen LogP contribution is 2.17. The van der Waals surface area contributed by atoms with Crippen molar-refractivity contribution in [2.75, 3.05) is 26.0 Å². The minimum Gasteiger partial charge on any atom is -0.497 e. The molecule has 20 heavy (non-hydrogen) atoms. The number of rotatable bonds is 6. The third-order valence-corrected chi connectivity index (χ3v) is 3.97. The average Bonchev–Trinajstić information content (AvgIpc) is 2.88. The molecule has 1 aliphatic rings. The Labute approximate surface area is 122 Å². The Bertz CT molecular complexity index is 493. The average molecular weight is 294 g/mol. The quantitative estimate of drug-likeness (QED) is 0.870. The molecule has 0 spiro atoms. The van der Waals surface area contributed by atoms with E-state index in [4.69, 9.17) is 4.74 Å². The van der Waals surface area contributed by atoms with E-state index >= 15 is 0 Å². The normalized spacial score (nSPS) is 14.4. The summed E-state index contributed by atoms with van der Waals surface area (Å²) in [6.45, 7) is 1.71. The van der Waals surface area contributed by atoms with Gasteiger partial charge in [-0.1, -0.05) is 23.9 Å². The van der Waals surface area contributed by atoms with Crippen LogP contribution in [0.15, 0.2) is 24.3 Å². The first-order valence-corrected chi connectivity index (χ1v) is 7.49. The number of nitrogens with zero attached hydrogens (tertiary/aromatic N) is 1. The molecule has 0 unspecified atom stereocenters. The van der Waals surface area contributed by atoms with Crippen LogP contribution in [0.25, 0.3) is 0 Å². The largest absolute Gasteiger partial charge is 0.497 e. The van der Waals surface area contributed by atoms with Crippen molar-refractivity contribution in [3.63, 3.8) is 0 Å². The van der Waals surface area contributed by atoms with Crippen molar-refractivity contribution in [2.45, 2.75) is 13.0 Å². The third-order valence-electron chi connectivity index (χ3n) is 3.08. The molecule has 0 aliphatic carbocycles. The van der Waals surface area contributed by atoms with Gasteiger partial charge in [-0.25, -0.2) is 0 Å². The molecule has 0 radical (unpaired) electrons. The van der Waals surface area contributed by atoms with Crippen molar-refractivity contribution in [1.29, 1.82) is 0 Å². The summed E-state index contributed by atoms with van der Waals surface area (Å²) in [6, 6.07) is 7.58. The first-order valence-electron chi connectivity index (χ1n) is 6.50. The maximum absolute atomic E-state index is 11.7. The lowest BCUT2D eigenvalue weighted by atomic mass is 10.2. The maximum Gasteiger partial charge on any atom is 0.281 e. The lowest BCUT2D eigenvalue weighted by Gasteiger charge is -2.14. The standard InChI is InChI=1S/C14H18N2O3S/c1-19-12-4-2-3-11(9-12)10-15-13(17)5-6-16-7-8-20-14(16)18/h2-4,9H,5-8,10H2,1H3,(H,15,17). The molecule has 2 amide bonds. The van der Waals surface area contributed by atoms with E-state index in [0.29, 0.717) is 19.5 Å². The first kappa shape index (κ1) is 14.7. The third kappa shape index (κ3) is 4.16. The van der Waals surface area contributed by atoms with E-state index in [1.54, 1.807) is 12.0 Å². The monoisotopic (exact) mass is 294 g/mol. The predicted octanol–water partition coefficient (Wildman–Crippen LogP) is 1.87. The second-order valence-corrected chi connectivity index (χ2v) is 5.53. The highest BCUT2D eigenvalue weighted by atomic mass is 32.2. The molecule has 0 aromatic heterocycles. The molecule has 1 fully saturated rings. The second-order valence-electron chi connectivity index (χ2n) is 4.48. The number of hydrogen-bond donors (Lipinski definition) is 1. The zero-order valence-electron chi connectivity index (χ0n) is 11.4.